The van der Waals surface area contributed by atoms with Crippen molar-refractivity contribution in [2.75, 3.05) is 0 Å². The Bertz CT molecular complexity index is 1270. The fraction of sp³-hybridized carbons (Fsp3) is 0.259. The van der Waals surface area contributed by atoms with Crippen LogP contribution in [0.15, 0.2) is 54.7 Å². The molecule has 3 aromatic rings. The lowest BCUT2D eigenvalue weighted by Gasteiger charge is -2.30. The number of allylic oxidation sites excluding steroid dienone is 1. The van der Waals surface area contributed by atoms with Crippen molar-refractivity contribution in [1.29, 1.82) is 0 Å². The van der Waals surface area contributed by atoms with Crippen LogP contribution in [0.5, 0.6) is 11.5 Å². The van der Waals surface area contributed by atoms with Crippen molar-refractivity contribution in [1.82, 2.24) is 4.57 Å². The molecule has 5 nitrogen and oxygen atoms in total. The van der Waals surface area contributed by atoms with E-state index in [1.807, 2.05) is 63.5 Å². The molecule has 1 aliphatic heterocycles. The predicted octanol–water partition coefficient (Wildman–Crippen LogP) is 5.82. The largest absolute Gasteiger partial charge is 0.482 e. The molecule has 1 aliphatic rings. The number of ketones is 1. The molecule has 0 amide bonds. The maximum atomic E-state index is 13.1. The van der Waals surface area contributed by atoms with Crippen LogP contribution in [0.2, 0.25) is 0 Å². The number of nitrogens with zero attached hydrogens (tertiary/aromatic N) is 1. The van der Waals surface area contributed by atoms with Gasteiger partial charge in [0.1, 0.15) is 17.1 Å². The lowest BCUT2D eigenvalue weighted by Crippen LogP contribution is -2.29. The average Bonchev–Trinajstić information content (AvgIpc) is 3.11. The molecule has 1 aromatic heterocycles. The summed E-state index contributed by atoms with van der Waals surface area (Å²) in [6.07, 6.45) is 9.11. The van der Waals surface area contributed by atoms with Gasteiger partial charge >= 0.3 is 5.97 Å². The summed E-state index contributed by atoms with van der Waals surface area (Å²) in [5.41, 5.74) is 2.53. The Balaban J connectivity index is 1.67. The van der Waals surface area contributed by atoms with Crippen molar-refractivity contribution in [3.05, 3.63) is 71.4 Å². The summed E-state index contributed by atoms with van der Waals surface area (Å²) >= 11 is 0. The van der Waals surface area contributed by atoms with E-state index >= 15 is 0 Å². The van der Waals surface area contributed by atoms with E-state index in [1.165, 1.54) is 0 Å². The Hall–Kier alpha value is -3.60. The summed E-state index contributed by atoms with van der Waals surface area (Å²) < 4.78 is 13.7. The highest BCUT2D eigenvalue weighted by Gasteiger charge is 2.28. The van der Waals surface area contributed by atoms with Gasteiger partial charge in [-0.25, -0.2) is 0 Å². The molecule has 0 atom stereocenters. The summed E-state index contributed by atoms with van der Waals surface area (Å²) in [6.45, 7) is 7.39. The summed E-state index contributed by atoms with van der Waals surface area (Å²) in [7, 11) is 2.00. The molecular weight excluding hydrogens is 402 g/mol. The normalized spacial score (nSPS) is 14.6. The van der Waals surface area contributed by atoms with Gasteiger partial charge in [-0.1, -0.05) is 26.0 Å². The number of fused-ring (bicyclic) bond motifs is 2. The number of esters is 1. The van der Waals surface area contributed by atoms with Crippen molar-refractivity contribution in [3.63, 3.8) is 0 Å². The molecule has 2 heterocycles. The standard InChI is InChI=1S/C27H27NO4/c1-17(2)26(30)31-24-11-8-20(25-21(24)12-14-27(3,4)32-25)23(29)10-7-18-6-9-22-19(16-18)13-15-28(22)5/h6-17H,1-5H3/b10-7+. The van der Waals surface area contributed by atoms with Crippen LogP contribution in [-0.2, 0) is 11.8 Å². The summed E-state index contributed by atoms with van der Waals surface area (Å²) in [6, 6.07) is 11.4. The molecule has 0 saturated heterocycles. The Kier molecular flexibility index (Phi) is 5.51. The van der Waals surface area contributed by atoms with E-state index in [0.29, 0.717) is 22.6 Å². The molecule has 0 fully saturated rings. The number of ether oxygens (including phenoxy) is 2. The van der Waals surface area contributed by atoms with Crippen LogP contribution in [0, 0.1) is 5.92 Å². The van der Waals surface area contributed by atoms with Crippen LogP contribution in [0.4, 0.5) is 0 Å². The number of hydrogen-bond acceptors (Lipinski definition) is 4. The first-order valence-corrected chi connectivity index (χ1v) is 10.7. The SMILES string of the molecule is CC(C)C(=O)Oc1ccc(C(=O)/C=C/c2ccc3c(ccn3C)c2)c2c1C=CC(C)(C)O2. The third-order valence-corrected chi connectivity index (χ3v) is 5.46. The van der Waals surface area contributed by atoms with Gasteiger partial charge in [0.05, 0.1) is 17.0 Å². The molecule has 5 heteroatoms. The second kappa shape index (κ2) is 8.15. The third-order valence-electron chi connectivity index (χ3n) is 5.46. The van der Waals surface area contributed by atoms with Crippen LogP contribution in [-0.4, -0.2) is 21.9 Å². The first kappa shape index (κ1) is 21.6. The lowest BCUT2D eigenvalue weighted by atomic mass is 9.97. The van der Waals surface area contributed by atoms with Gasteiger partial charge in [0.15, 0.2) is 5.78 Å². The minimum atomic E-state index is -0.579. The van der Waals surface area contributed by atoms with E-state index < -0.39 is 5.60 Å². The molecule has 0 N–H and O–H groups in total. The fourth-order valence-corrected chi connectivity index (χ4v) is 3.61. The van der Waals surface area contributed by atoms with Gasteiger partial charge in [-0.3, -0.25) is 9.59 Å². The van der Waals surface area contributed by atoms with E-state index in [4.69, 9.17) is 9.47 Å². The van der Waals surface area contributed by atoms with Crippen molar-refractivity contribution in [2.24, 2.45) is 13.0 Å². The smallest absolute Gasteiger partial charge is 0.313 e. The van der Waals surface area contributed by atoms with Crippen molar-refractivity contribution < 1.29 is 19.1 Å². The first-order valence-electron chi connectivity index (χ1n) is 10.7. The monoisotopic (exact) mass is 429 g/mol. The van der Waals surface area contributed by atoms with E-state index in [1.54, 1.807) is 38.1 Å². The maximum Gasteiger partial charge on any atom is 0.313 e. The second-order valence-corrected chi connectivity index (χ2v) is 8.91. The zero-order valence-electron chi connectivity index (χ0n) is 19.0. The van der Waals surface area contributed by atoms with Gasteiger partial charge in [-0.05, 0) is 68.0 Å². The molecule has 2 aromatic carbocycles. The van der Waals surface area contributed by atoms with Crippen molar-refractivity contribution >= 4 is 34.8 Å². The van der Waals surface area contributed by atoms with E-state index in [2.05, 4.69) is 4.57 Å². The lowest BCUT2D eigenvalue weighted by molar-refractivity contribution is -0.137. The minimum Gasteiger partial charge on any atom is -0.482 e. The van der Waals surface area contributed by atoms with Gasteiger partial charge < -0.3 is 14.0 Å². The fourth-order valence-electron chi connectivity index (χ4n) is 3.61. The molecule has 164 valence electrons. The number of hydrogen-bond donors (Lipinski definition) is 0. The van der Waals surface area contributed by atoms with Crippen molar-refractivity contribution in [2.45, 2.75) is 33.3 Å². The van der Waals surface area contributed by atoms with E-state index in [0.717, 1.165) is 16.5 Å². The molecule has 0 unspecified atom stereocenters. The number of rotatable bonds is 5. The highest BCUT2D eigenvalue weighted by Crippen LogP contribution is 2.40. The summed E-state index contributed by atoms with van der Waals surface area (Å²) in [5.74, 6) is 0.0463. The van der Waals surface area contributed by atoms with E-state index in [9.17, 15) is 9.59 Å². The molecular formula is C27H27NO4. The Morgan fingerprint density at radius 3 is 2.66 bits per heavy atom. The van der Waals surface area contributed by atoms with E-state index in [-0.39, 0.29) is 17.7 Å². The predicted molar refractivity (Wildman–Crippen MR) is 127 cm³/mol. The minimum absolute atomic E-state index is 0.178. The molecule has 4 rings (SSSR count). The Morgan fingerprint density at radius 1 is 1.12 bits per heavy atom. The summed E-state index contributed by atoms with van der Waals surface area (Å²) in [4.78, 5) is 25.2. The number of carbonyl (C=O) groups is 2. The third kappa shape index (κ3) is 4.24. The first-order chi connectivity index (χ1) is 15.1. The van der Waals surface area contributed by atoms with Crippen LogP contribution >= 0.6 is 0 Å². The maximum absolute atomic E-state index is 13.1. The highest BCUT2D eigenvalue weighted by molar-refractivity contribution is 6.10. The zero-order chi connectivity index (χ0) is 23.0. The molecule has 0 radical (unpaired) electrons. The number of aryl methyl sites for hydroxylation is 1. The molecule has 0 aliphatic carbocycles. The van der Waals surface area contributed by atoms with Gasteiger partial charge in [-0.15, -0.1) is 0 Å². The zero-order valence-corrected chi connectivity index (χ0v) is 19.0. The number of carbonyl (C=O) groups excluding carboxylic acids is 2. The van der Waals surface area contributed by atoms with Crippen LogP contribution in [0.1, 0.15) is 49.2 Å². The summed E-state index contributed by atoms with van der Waals surface area (Å²) in [5, 5.41) is 1.12. The number of benzene rings is 2. The quantitative estimate of drug-likeness (QED) is 0.222. The Morgan fingerprint density at radius 2 is 1.91 bits per heavy atom. The van der Waals surface area contributed by atoms with Crippen LogP contribution in [0.25, 0.3) is 23.1 Å². The van der Waals surface area contributed by atoms with Crippen molar-refractivity contribution in [3.8, 4) is 11.5 Å². The Labute approximate surface area is 187 Å². The van der Waals surface area contributed by atoms with Crippen LogP contribution < -0.4 is 9.47 Å². The van der Waals surface area contributed by atoms with Gasteiger partial charge in [-0.2, -0.15) is 0 Å². The van der Waals surface area contributed by atoms with Gasteiger partial charge in [0.25, 0.3) is 0 Å². The number of aromatic nitrogens is 1. The van der Waals surface area contributed by atoms with Gasteiger partial charge in [0.2, 0.25) is 0 Å². The average molecular weight is 430 g/mol. The van der Waals surface area contributed by atoms with Crippen LogP contribution in [0.3, 0.4) is 0 Å². The molecule has 0 bridgehead atoms. The highest BCUT2D eigenvalue weighted by atomic mass is 16.5. The molecule has 0 saturated carbocycles. The molecule has 0 spiro atoms. The molecule has 32 heavy (non-hydrogen) atoms. The van der Waals surface area contributed by atoms with Gasteiger partial charge in [0, 0.05) is 24.1 Å². The second-order valence-electron chi connectivity index (χ2n) is 8.91. The topological polar surface area (TPSA) is 57.5 Å².